The molecule has 1 saturated heterocycles. The van der Waals surface area contributed by atoms with Gasteiger partial charge in [0.15, 0.2) is 0 Å². The molecule has 0 radical (unpaired) electrons. The molecule has 3 rings (SSSR count). The zero-order chi connectivity index (χ0) is 13.9. The molecular weight excluding hydrogens is 338 g/mol. The number of benzene rings is 2. The van der Waals surface area contributed by atoms with E-state index in [1.165, 1.54) is 5.56 Å². The highest BCUT2D eigenvalue weighted by Gasteiger charge is 2.34. The third kappa shape index (κ3) is 3.35. The molecule has 104 valence electrons. The van der Waals surface area contributed by atoms with Crippen molar-refractivity contribution in [2.75, 3.05) is 13.2 Å². The lowest BCUT2D eigenvalue weighted by molar-refractivity contribution is 0.291. The molecule has 0 bridgehead atoms. The van der Waals surface area contributed by atoms with Crippen molar-refractivity contribution in [3.05, 3.63) is 63.6 Å². The lowest BCUT2D eigenvalue weighted by atomic mass is 10.2. The Labute approximate surface area is 132 Å². The van der Waals surface area contributed by atoms with Crippen LogP contribution in [0.3, 0.4) is 0 Å². The van der Waals surface area contributed by atoms with Gasteiger partial charge in [0.25, 0.3) is 0 Å². The number of hydrogen-bond acceptors (Lipinski definition) is 2. The van der Waals surface area contributed by atoms with Gasteiger partial charge in [-0.3, -0.25) is 4.90 Å². The minimum atomic E-state index is 0.485. The average molecular weight is 353 g/mol. The second-order valence-corrected chi connectivity index (χ2v) is 6.18. The van der Waals surface area contributed by atoms with Crippen LogP contribution in [0.25, 0.3) is 0 Å². The van der Waals surface area contributed by atoms with E-state index in [-0.39, 0.29) is 0 Å². The highest BCUT2D eigenvalue weighted by molar-refractivity contribution is 9.10. The Morgan fingerprint density at radius 1 is 1.15 bits per heavy atom. The molecule has 20 heavy (non-hydrogen) atoms. The molecule has 1 aliphatic rings. The third-order valence-electron chi connectivity index (χ3n) is 3.43. The second kappa shape index (κ2) is 6.17. The molecule has 2 nitrogen and oxygen atoms in total. The molecule has 0 N–H and O–H groups in total. The van der Waals surface area contributed by atoms with E-state index in [1.54, 1.807) is 0 Å². The van der Waals surface area contributed by atoms with Crippen molar-refractivity contribution >= 4 is 27.5 Å². The quantitative estimate of drug-likeness (QED) is 0.741. The van der Waals surface area contributed by atoms with Gasteiger partial charge in [-0.25, -0.2) is 0 Å². The van der Waals surface area contributed by atoms with Gasteiger partial charge in [0, 0.05) is 18.1 Å². The second-order valence-electron chi connectivity index (χ2n) is 4.92. The first-order valence-electron chi connectivity index (χ1n) is 6.59. The lowest BCUT2D eigenvalue weighted by Crippen LogP contribution is -2.11. The van der Waals surface area contributed by atoms with Crippen molar-refractivity contribution in [2.45, 2.75) is 12.6 Å². The van der Waals surface area contributed by atoms with Gasteiger partial charge in [-0.1, -0.05) is 41.9 Å². The van der Waals surface area contributed by atoms with E-state index in [0.717, 1.165) is 28.3 Å². The van der Waals surface area contributed by atoms with Crippen LogP contribution in [-0.2, 0) is 6.54 Å². The number of para-hydroxylation sites is 1. The fourth-order valence-electron chi connectivity index (χ4n) is 2.17. The first-order valence-corrected chi connectivity index (χ1v) is 7.76. The topological polar surface area (TPSA) is 12.2 Å². The molecule has 1 heterocycles. The number of hydrogen-bond donors (Lipinski definition) is 0. The van der Waals surface area contributed by atoms with Gasteiger partial charge in [-0.15, -0.1) is 0 Å². The molecule has 0 aliphatic carbocycles. The fraction of sp³-hybridized carbons (Fsp3) is 0.250. The van der Waals surface area contributed by atoms with Crippen molar-refractivity contribution < 1.29 is 4.74 Å². The summed E-state index contributed by atoms with van der Waals surface area (Å²) in [6, 6.07) is 16.4. The average Bonchev–Trinajstić information content (AvgIpc) is 3.19. The predicted octanol–water partition coefficient (Wildman–Crippen LogP) is 4.37. The van der Waals surface area contributed by atoms with E-state index in [2.05, 4.69) is 26.9 Å². The predicted molar refractivity (Wildman–Crippen MR) is 85.3 cm³/mol. The normalized spacial score (nSPS) is 20.7. The minimum absolute atomic E-state index is 0.485. The molecule has 0 saturated carbocycles. The van der Waals surface area contributed by atoms with Gasteiger partial charge in [0.05, 0.1) is 10.5 Å². The third-order valence-corrected chi connectivity index (χ3v) is 4.45. The largest absolute Gasteiger partial charge is 0.491 e. The first-order chi connectivity index (χ1) is 9.74. The molecule has 2 aromatic rings. The summed E-state index contributed by atoms with van der Waals surface area (Å²) in [5.74, 6) is 0.900. The SMILES string of the molecule is Clc1ccccc1CN1CC1COc1ccccc1Br. The summed E-state index contributed by atoms with van der Waals surface area (Å²) >= 11 is 9.66. The van der Waals surface area contributed by atoms with Gasteiger partial charge >= 0.3 is 0 Å². The van der Waals surface area contributed by atoms with E-state index in [4.69, 9.17) is 16.3 Å². The molecule has 2 atom stereocenters. The Hall–Kier alpha value is -1.03. The van der Waals surface area contributed by atoms with Crippen LogP contribution in [0.4, 0.5) is 0 Å². The van der Waals surface area contributed by atoms with Crippen LogP contribution in [0, 0.1) is 0 Å². The van der Waals surface area contributed by atoms with Crippen molar-refractivity contribution in [3.63, 3.8) is 0 Å². The van der Waals surface area contributed by atoms with Crippen LogP contribution in [-0.4, -0.2) is 24.1 Å². The van der Waals surface area contributed by atoms with Crippen molar-refractivity contribution in [1.29, 1.82) is 0 Å². The van der Waals surface area contributed by atoms with Gasteiger partial charge < -0.3 is 4.74 Å². The Morgan fingerprint density at radius 2 is 1.90 bits per heavy atom. The van der Waals surface area contributed by atoms with Gasteiger partial charge in [0.2, 0.25) is 0 Å². The molecule has 2 aromatic carbocycles. The number of rotatable bonds is 5. The van der Waals surface area contributed by atoms with Gasteiger partial charge in [0.1, 0.15) is 12.4 Å². The van der Waals surface area contributed by atoms with Crippen molar-refractivity contribution in [3.8, 4) is 5.75 Å². The lowest BCUT2D eigenvalue weighted by Gasteiger charge is -2.09. The minimum Gasteiger partial charge on any atom is -0.491 e. The highest BCUT2D eigenvalue weighted by atomic mass is 79.9. The maximum Gasteiger partial charge on any atom is 0.133 e. The Morgan fingerprint density at radius 3 is 2.70 bits per heavy atom. The molecule has 1 fully saturated rings. The van der Waals surface area contributed by atoms with Crippen LogP contribution in [0.1, 0.15) is 5.56 Å². The van der Waals surface area contributed by atoms with Crippen LogP contribution in [0.2, 0.25) is 5.02 Å². The summed E-state index contributed by atoms with van der Waals surface area (Å²) in [4.78, 5) is 2.36. The maximum atomic E-state index is 6.17. The Bertz CT molecular complexity index is 605. The van der Waals surface area contributed by atoms with Gasteiger partial charge in [-0.05, 0) is 39.7 Å². The zero-order valence-corrected chi connectivity index (χ0v) is 13.3. The standard InChI is InChI=1S/C16H15BrClNO/c17-14-6-2-4-8-16(14)20-11-13-10-19(13)9-12-5-1-3-7-15(12)18/h1-8,13H,9-11H2. The molecule has 4 heteroatoms. The highest BCUT2D eigenvalue weighted by Crippen LogP contribution is 2.28. The van der Waals surface area contributed by atoms with E-state index >= 15 is 0 Å². The van der Waals surface area contributed by atoms with Crippen LogP contribution in [0.15, 0.2) is 53.0 Å². The molecule has 0 amide bonds. The first kappa shape index (κ1) is 13.9. The van der Waals surface area contributed by atoms with E-state index in [0.29, 0.717) is 12.6 Å². The summed E-state index contributed by atoms with van der Waals surface area (Å²) in [5, 5.41) is 0.838. The van der Waals surface area contributed by atoms with E-state index in [9.17, 15) is 0 Å². The summed E-state index contributed by atoms with van der Waals surface area (Å²) in [6.45, 7) is 2.67. The molecule has 2 unspecified atom stereocenters. The molecule has 0 aromatic heterocycles. The van der Waals surface area contributed by atoms with Crippen molar-refractivity contribution in [2.24, 2.45) is 0 Å². The smallest absolute Gasteiger partial charge is 0.133 e. The Kier molecular flexibility index (Phi) is 4.29. The molecule has 0 spiro atoms. The summed E-state index contributed by atoms with van der Waals surface area (Å²) in [5.41, 5.74) is 1.18. The maximum absolute atomic E-state index is 6.17. The summed E-state index contributed by atoms with van der Waals surface area (Å²) in [7, 11) is 0. The van der Waals surface area contributed by atoms with Crippen LogP contribution < -0.4 is 4.74 Å². The monoisotopic (exact) mass is 351 g/mol. The van der Waals surface area contributed by atoms with Crippen molar-refractivity contribution in [1.82, 2.24) is 4.90 Å². The molecule has 1 aliphatic heterocycles. The number of ether oxygens (including phenoxy) is 1. The van der Waals surface area contributed by atoms with Gasteiger partial charge in [-0.2, -0.15) is 0 Å². The zero-order valence-electron chi connectivity index (χ0n) is 10.9. The summed E-state index contributed by atoms with van der Waals surface area (Å²) < 4.78 is 6.84. The fourth-order valence-corrected chi connectivity index (χ4v) is 2.76. The van der Waals surface area contributed by atoms with E-state index in [1.807, 2.05) is 42.5 Å². The van der Waals surface area contributed by atoms with Crippen LogP contribution >= 0.6 is 27.5 Å². The Balaban J connectivity index is 1.51. The van der Waals surface area contributed by atoms with E-state index < -0.39 is 0 Å². The summed E-state index contributed by atoms with van der Waals surface area (Å²) in [6.07, 6.45) is 0. The van der Waals surface area contributed by atoms with Crippen LogP contribution in [0.5, 0.6) is 5.75 Å². The molecular formula is C16H15BrClNO. The number of halogens is 2. The number of nitrogens with zero attached hydrogens (tertiary/aromatic N) is 1.